The summed E-state index contributed by atoms with van der Waals surface area (Å²) in [5.74, 6) is 1.16. The van der Waals surface area contributed by atoms with Gasteiger partial charge >= 0.3 is 0 Å². The monoisotopic (exact) mass is 124 g/mol. The van der Waals surface area contributed by atoms with E-state index in [1.165, 1.54) is 19.3 Å². The zero-order valence-corrected chi connectivity index (χ0v) is 6.32. The molecule has 0 N–H and O–H groups in total. The summed E-state index contributed by atoms with van der Waals surface area (Å²) in [5, 5.41) is 0. The Balaban J connectivity index is 2.01. The molecule has 0 nitrogen and oxygen atoms in total. The van der Waals surface area contributed by atoms with Crippen molar-refractivity contribution in [1.29, 1.82) is 0 Å². The summed E-state index contributed by atoms with van der Waals surface area (Å²) in [4.78, 5) is 0. The van der Waals surface area contributed by atoms with E-state index in [2.05, 4.69) is 6.92 Å². The first kappa shape index (κ1) is 5.76. The van der Waals surface area contributed by atoms with E-state index in [4.69, 9.17) is 0 Å². The van der Waals surface area contributed by atoms with E-state index in [9.17, 15) is 0 Å². The number of hydrogen-bond acceptors (Lipinski definition) is 0. The Labute approximate surface area is 57.6 Å². The third kappa shape index (κ3) is 0.720. The van der Waals surface area contributed by atoms with E-state index in [0.29, 0.717) is 0 Å². The maximum absolute atomic E-state index is 2.37. The van der Waals surface area contributed by atoms with Gasteiger partial charge in [-0.25, -0.2) is 0 Å². The average molecular weight is 124 g/mol. The lowest BCUT2D eigenvalue weighted by Gasteiger charge is -2.19. The molecule has 0 bridgehead atoms. The molecule has 2 atom stereocenters. The summed E-state index contributed by atoms with van der Waals surface area (Å²) in [5.41, 5.74) is 0.887. The van der Waals surface area contributed by atoms with Crippen LogP contribution in [0.15, 0.2) is 0 Å². The second-order valence-electron chi connectivity index (χ2n) is 3.86. The second-order valence-corrected chi connectivity index (χ2v) is 3.86. The molecular weight excluding hydrogens is 108 g/mol. The number of hydrogen-bond donors (Lipinski definition) is 0. The van der Waals surface area contributed by atoms with Crippen LogP contribution in [0.1, 0.15) is 45.4 Å². The molecule has 2 aliphatic rings. The largest absolute Gasteiger partial charge is 0.0648 e. The molecule has 0 radical (unpaired) electrons. The molecule has 0 aromatic heterocycles. The maximum atomic E-state index is 2.37. The second kappa shape index (κ2) is 1.74. The van der Waals surface area contributed by atoms with Crippen molar-refractivity contribution in [2.24, 2.45) is 11.3 Å². The van der Waals surface area contributed by atoms with Crippen molar-refractivity contribution < 1.29 is 0 Å². The van der Waals surface area contributed by atoms with E-state index in [0.717, 1.165) is 11.3 Å². The molecule has 0 aromatic carbocycles. The van der Waals surface area contributed by atoms with Crippen LogP contribution < -0.4 is 0 Å². The zero-order valence-electron chi connectivity index (χ0n) is 6.32. The molecule has 9 heavy (non-hydrogen) atoms. The topological polar surface area (TPSA) is 0 Å². The van der Waals surface area contributed by atoms with E-state index >= 15 is 0 Å². The van der Waals surface area contributed by atoms with E-state index < -0.39 is 0 Å². The van der Waals surface area contributed by atoms with Crippen LogP contribution in [0.4, 0.5) is 0 Å². The molecule has 0 heterocycles. The van der Waals surface area contributed by atoms with Crippen LogP contribution in [0, 0.1) is 11.3 Å². The van der Waals surface area contributed by atoms with Gasteiger partial charge in [-0.2, -0.15) is 0 Å². The maximum Gasteiger partial charge on any atom is -0.0269 e. The standard InChI is InChI=1S/C9H16/c1-2-9-6-4-3-5-8(9)7-9/h8H,2-7H2,1H3/t8?,9-/m0/s1. The molecule has 1 unspecified atom stereocenters. The van der Waals surface area contributed by atoms with Crippen molar-refractivity contribution >= 4 is 0 Å². The Kier molecular flexibility index (Phi) is 1.12. The fraction of sp³-hybridized carbons (Fsp3) is 1.00. The van der Waals surface area contributed by atoms with Crippen LogP contribution in [0.5, 0.6) is 0 Å². The van der Waals surface area contributed by atoms with Gasteiger partial charge in [-0.05, 0) is 30.6 Å². The SMILES string of the molecule is CC[C@@]12CCCCC1C2. The predicted molar refractivity (Wildman–Crippen MR) is 39.3 cm³/mol. The van der Waals surface area contributed by atoms with Gasteiger partial charge in [0.15, 0.2) is 0 Å². The quantitative estimate of drug-likeness (QED) is 0.504. The smallest absolute Gasteiger partial charge is 0.0269 e. The van der Waals surface area contributed by atoms with Gasteiger partial charge in [0.2, 0.25) is 0 Å². The van der Waals surface area contributed by atoms with Crippen LogP contribution >= 0.6 is 0 Å². The molecule has 52 valence electrons. The van der Waals surface area contributed by atoms with Crippen LogP contribution in [0.3, 0.4) is 0 Å². The zero-order chi connectivity index (χ0) is 6.32. The average Bonchev–Trinajstić information content (AvgIpc) is 2.62. The summed E-state index contributed by atoms with van der Waals surface area (Å²) in [6.45, 7) is 2.37. The van der Waals surface area contributed by atoms with Crippen molar-refractivity contribution in [1.82, 2.24) is 0 Å². The molecule has 0 aliphatic heterocycles. The molecule has 2 fully saturated rings. The third-order valence-corrected chi connectivity index (χ3v) is 3.54. The molecule has 0 saturated heterocycles. The number of fused-ring (bicyclic) bond motifs is 1. The minimum absolute atomic E-state index is 0.887. The summed E-state index contributed by atoms with van der Waals surface area (Å²) < 4.78 is 0. The van der Waals surface area contributed by atoms with E-state index in [-0.39, 0.29) is 0 Å². The summed E-state index contributed by atoms with van der Waals surface area (Å²) in [6.07, 6.45) is 9.17. The molecule has 0 spiro atoms. The fourth-order valence-corrected chi connectivity index (χ4v) is 2.62. The van der Waals surface area contributed by atoms with Gasteiger partial charge in [0, 0.05) is 0 Å². The predicted octanol–water partition coefficient (Wildman–Crippen LogP) is 2.98. The Bertz CT molecular complexity index is 117. The third-order valence-electron chi connectivity index (χ3n) is 3.54. The highest BCUT2D eigenvalue weighted by Crippen LogP contribution is 2.63. The van der Waals surface area contributed by atoms with Crippen LogP contribution in [0.25, 0.3) is 0 Å². The lowest BCUT2D eigenvalue weighted by atomic mass is 9.87. The lowest BCUT2D eigenvalue weighted by molar-refractivity contribution is 0.327. The van der Waals surface area contributed by atoms with Crippen molar-refractivity contribution in [3.63, 3.8) is 0 Å². The normalized spacial score (nSPS) is 48.3. The van der Waals surface area contributed by atoms with Gasteiger partial charge in [0.1, 0.15) is 0 Å². The number of rotatable bonds is 1. The molecule has 0 amide bonds. The van der Waals surface area contributed by atoms with E-state index in [1.54, 1.807) is 19.3 Å². The van der Waals surface area contributed by atoms with Crippen molar-refractivity contribution in [2.45, 2.75) is 45.4 Å². The first-order valence-electron chi connectivity index (χ1n) is 4.37. The van der Waals surface area contributed by atoms with Gasteiger partial charge in [-0.3, -0.25) is 0 Å². The van der Waals surface area contributed by atoms with Crippen molar-refractivity contribution in [3.8, 4) is 0 Å². The first-order valence-corrected chi connectivity index (χ1v) is 4.37. The van der Waals surface area contributed by atoms with Gasteiger partial charge in [-0.15, -0.1) is 0 Å². The highest BCUT2D eigenvalue weighted by atomic mass is 14.6. The minimum atomic E-state index is 0.887. The fourth-order valence-electron chi connectivity index (χ4n) is 2.62. The molecule has 2 saturated carbocycles. The highest BCUT2D eigenvalue weighted by molar-refractivity contribution is 5.02. The molecule has 2 aliphatic carbocycles. The Hall–Kier alpha value is 0. The molecule has 0 aromatic rings. The Morgan fingerprint density at radius 2 is 2.33 bits per heavy atom. The van der Waals surface area contributed by atoms with Gasteiger partial charge in [0.25, 0.3) is 0 Å². The van der Waals surface area contributed by atoms with Crippen LogP contribution in [0.2, 0.25) is 0 Å². The van der Waals surface area contributed by atoms with Crippen LogP contribution in [-0.2, 0) is 0 Å². The molecule has 0 heteroatoms. The molecule has 2 rings (SSSR count). The molecular formula is C9H16. The van der Waals surface area contributed by atoms with Crippen molar-refractivity contribution in [3.05, 3.63) is 0 Å². The van der Waals surface area contributed by atoms with Crippen molar-refractivity contribution in [2.75, 3.05) is 0 Å². The summed E-state index contributed by atoms with van der Waals surface area (Å²) in [6, 6.07) is 0. The minimum Gasteiger partial charge on any atom is -0.0648 e. The summed E-state index contributed by atoms with van der Waals surface area (Å²) in [7, 11) is 0. The van der Waals surface area contributed by atoms with Gasteiger partial charge < -0.3 is 0 Å². The summed E-state index contributed by atoms with van der Waals surface area (Å²) >= 11 is 0. The van der Waals surface area contributed by atoms with Crippen LogP contribution in [-0.4, -0.2) is 0 Å². The van der Waals surface area contributed by atoms with E-state index in [1.807, 2.05) is 0 Å². The Morgan fingerprint density at radius 1 is 1.44 bits per heavy atom. The van der Waals surface area contributed by atoms with Gasteiger partial charge in [0.05, 0.1) is 0 Å². The lowest BCUT2D eigenvalue weighted by Crippen LogP contribution is -2.07. The highest BCUT2D eigenvalue weighted by Gasteiger charge is 2.52. The first-order chi connectivity index (χ1) is 4.37. The Morgan fingerprint density at radius 3 is 2.89 bits per heavy atom. The van der Waals surface area contributed by atoms with Gasteiger partial charge in [-0.1, -0.05) is 26.2 Å².